The largest absolute Gasteiger partial charge is 0.461 e. The molecule has 0 N–H and O–H groups in total. The normalized spacial score (nSPS) is 14.7. The summed E-state index contributed by atoms with van der Waals surface area (Å²) < 4.78 is 5.40. The Morgan fingerprint density at radius 3 is 2.83 bits per heavy atom. The second-order valence-electron chi connectivity index (χ2n) is 3.91. The molecule has 0 aliphatic carbocycles. The van der Waals surface area contributed by atoms with Gasteiger partial charge >= 0.3 is 0 Å². The van der Waals surface area contributed by atoms with E-state index in [4.69, 9.17) is 16.3 Å². The minimum Gasteiger partial charge on any atom is -0.461 e. The number of unbranched alkanes of at least 4 members (excludes halogenated alkanes) is 1. The third-order valence-corrected chi connectivity index (χ3v) is 3.52. The maximum Gasteiger partial charge on any atom is 0.262 e. The zero-order valence-electron chi connectivity index (χ0n) is 9.73. The quantitative estimate of drug-likeness (QED) is 0.478. The van der Waals surface area contributed by atoms with Crippen molar-refractivity contribution in [2.75, 3.05) is 11.9 Å². The van der Waals surface area contributed by atoms with Crippen molar-refractivity contribution in [2.24, 2.45) is 0 Å². The van der Waals surface area contributed by atoms with E-state index in [1.807, 2.05) is 12.1 Å². The van der Waals surface area contributed by atoms with Gasteiger partial charge in [-0.05, 0) is 25.0 Å². The second kappa shape index (κ2) is 6.25. The zero-order valence-corrected chi connectivity index (χ0v) is 12.1. The molecule has 1 aliphatic heterocycles. The third-order valence-electron chi connectivity index (χ3n) is 2.67. The first-order chi connectivity index (χ1) is 8.74. The van der Waals surface area contributed by atoms with Gasteiger partial charge in [0.05, 0.1) is 5.56 Å². The summed E-state index contributed by atoms with van der Waals surface area (Å²) in [6.07, 6.45) is 3.30. The number of ether oxygens (including phenoxy) is 1. The molecule has 96 valence electrons. The monoisotopic (exact) mass is 329 g/mol. The highest BCUT2D eigenvalue weighted by Crippen LogP contribution is 2.27. The average molecular weight is 331 g/mol. The first-order valence-corrected chi connectivity index (χ1v) is 7.23. The summed E-state index contributed by atoms with van der Waals surface area (Å²) in [6, 6.07) is 7.15. The Kier molecular flexibility index (Phi) is 4.66. The van der Waals surface area contributed by atoms with Crippen LogP contribution < -0.4 is 4.74 Å². The van der Waals surface area contributed by atoms with Gasteiger partial charge in [-0.15, -0.1) is 0 Å². The number of halogens is 2. The highest BCUT2D eigenvalue weighted by molar-refractivity contribution is 9.09. The van der Waals surface area contributed by atoms with Gasteiger partial charge in [-0.2, -0.15) is 0 Å². The number of rotatable bonds is 4. The van der Waals surface area contributed by atoms with Crippen LogP contribution in [0.1, 0.15) is 23.2 Å². The van der Waals surface area contributed by atoms with E-state index in [0.717, 1.165) is 18.2 Å². The van der Waals surface area contributed by atoms with Gasteiger partial charge < -0.3 is 4.74 Å². The van der Waals surface area contributed by atoms with Crippen LogP contribution in [0.25, 0.3) is 0 Å². The molecule has 0 fully saturated rings. The van der Waals surface area contributed by atoms with Crippen LogP contribution in [0.5, 0.6) is 5.75 Å². The van der Waals surface area contributed by atoms with Gasteiger partial charge in [-0.3, -0.25) is 9.69 Å². The molecule has 2 rings (SSSR count). The Bertz CT molecular complexity index is 476. The smallest absolute Gasteiger partial charge is 0.262 e. The Morgan fingerprint density at radius 1 is 1.28 bits per heavy atom. The predicted molar refractivity (Wildman–Crippen MR) is 75.1 cm³/mol. The number of carbonyl (C=O) groups is 1. The molecule has 1 aromatic carbocycles. The zero-order chi connectivity index (χ0) is 13.0. The van der Waals surface area contributed by atoms with Crippen LogP contribution in [0.3, 0.4) is 0 Å². The Hall–Kier alpha value is -1.000. The lowest BCUT2D eigenvalue weighted by molar-refractivity contribution is 0.0816. The van der Waals surface area contributed by atoms with Gasteiger partial charge in [0, 0.05) is 11.9 Å². The fourth-order valence-corrected chi connectivity index (χ4v) is 2.34. The van der Waals surface area contributed by atoms with Crippen LogP contribution in [0, 0.1) is 0 Å². The molecule has 1 amide bonds. The molecule has 1 aromatic rings. The number of carbonyl (C=O) groups excluding carboxylic acids is 1. The molecular formula is C13H13BrClNO2. The van der Waals surface area contributed by atoms with Crippen molar-refractivity contribution in [2.45, 2.75) is 12.8 Å². The number of alkyl halides is 1. The Morgan fingerprint density at radius 2 is 2.06 bits per heavy atom. The molecule has 0 radical (unpaired) electrons. The summed E-state index contributed by atoms with van der Waals surface area (Å²) in [5, 5.41) is 1.24. The number of hydrogen-bond donors (Lipinski definition) is 0. The van der Waals surface area contributed by atoms with Gasteiger partial charge in [0.2, 0.25) is 0 Å². The van der Waals surface area contributed by atoms with Crippen molar-refractivity contribution >= 4 is 33.4 Å². The molecule has 0 saturated carbocycles. The van der Waals surface area contributed by atoms with E-state index < -0.39 is 0 Å². The molecule has 0 bridgehead atoms. The van der Waals surface area contributed by atoms with E-state index in [1.54, 1.807) is 17.0 Å². The molecule has 0 spiro atoms. The van der Waals surface area contributed by atoms with Crippen molar-refractivity contribution in [1.29, 1.82) is 0 Å². The molecule has 0 saturated heterocycles. The van der Waals surface area contributed by atoms with Gasteiger partial charge in [0.25, 0.3) is 5.91 Å². The summed E-state index contributed by atoms with van der Waals surface area (Å²) in [5.74, 6) is 0.433. The van der Waals surface area contributed by atoms with Crippen LogP contribution >= 0.6 is 27.5 Å². The molecule has 0 atom stereocenters. The minimum atomic E-state index is -0.112. The number of amides is 1. The minimum absolute atomic E-state index is 0.112. The van der Waals surface area contributed by atoms with Gasteiger partial charge in [0.1, 0.15) is 17.2 Å². The maximum absolute atomic E-state index is 12.4. The second-order valence-corrected chi connectivity index (χ2v) is 5.09. The van der Waals surface area contributed by atoms with E-state index in [2.05, 4.69) is 15.9 Å². The maximum atomic E-state index is 12.4. The fourth-order valence-electron chi connectivity index (χ4n) is 1.74. The van der Waals surface area contributed by atoms with Crippen molar-refractivity contribution < 1.29 is 9.53 Å². The molecule has 0 unspecified atom stereocenters. The summed E-state index contributed by atoms with van der Waals surface area (Å²) in [6.45, 7) is 0.595. The molecule has 1 aliphatic rings. The standard InChI is InChI=1S/C13H13BrClNO2/c14-7-3-4-8-16-12(15)9-18-11-6-2-1-5-10(11)13(16)17/h1-2,5-6,9H,3-4,7-8H2. The SMILES string of the molecule is O=C1c2ccccc2OC=C(Cl)N1CCCCBr. The van der Waals surface area contributed by atoms with E-state index in [0.29, 0.717) is 23.0 Å². The number of nitrogens with zero attached hydrogens (tertiary/aromatic N) is 1. The topological polar surface area (TPSA) is 29.5 Å². The van der Waals surface area contributed by atoms with E-state index in [-0.39, 0.29) is 5.91 Å². The Labute approximate surface area is 119 Å². The number of fused-ring (bicyclic) bond motifs is 1. The first kappa shape index (κ1) is 13.4. The van der Waals surface area contributed by atoms with E-state index in [9.17, 15) is 4.79 Å². The van der Waals surface area contributed by atoms with Crippen LogP contribution in [0.2, 0.25) is 0 Å². The van der Waals surface area contributed by atoms with E-state index >= 15 is 0 Å². The lowest BCUT2D eigenvalue weighted by atomic mass is 10.1. The Balaban J connectivity index is 2.22. The van der Waals surface area contributed by atoms with Crippen molar-refractivity contribution in [3.05, 3.63) is 41.2 Å². The van der Waals surface area contributed by atoms with Crippen molar-refractivity contribution in [3.63, 3.8) is 0 Å². The van der Waals surface area contributed by atoms with Crippen LogP contribution in [-0.4, -0.2) is 22.7 Å². The average Bonchev–Trinajstić information content (AvgIpc) is 2.51. The summed E-state index contributed by atoms with van der Waals surface area (Å²) >= 11 is 9.45. The molecule has 3 nitrogen and oxygen atoms in total. The van der Waals surface area contributed by atoms with Gasteiger partial charge in [-0.25, -0.2) is 0 Å². The van der Waals surface area contributed by atoms with Crippen LogP contribution in [-0.2, 0) is 0 Å². The van der Waals surface area contributed by atoms with Gasteiger partial charge in [-0.1, -0.05) is 39.7 Å². The van der Waals surface area contributed by atoms with Gasteiger partial charge in [0.15, 0.2) is 0 Å². The van der Waals surface area contributed by atoms with Crippen LogP contribution in [0.15, 0.2) is 35.7 Å². The van der Waals surface area contributed by atoms with Crippen molar-refractivity contribution in [1.82, 2.24) is 4.90 Å². The number of benzene rings is 1. The number of para-hydroxylation sites is 1. The third kappa shape index (κ3) is 2.87. The molecule has 0 aromatic heterocycles. The van der Waals surface area contributed by atoms with Crippen LogP contribution in [0.4, 0.5) is 0 Å². The highest BCUT2D eigenvalue weighted by Gasteiger charge is 2.24. The van der Waals surface area contributed by atoms with E-state index in [1.165, 1.54) is 6.26 Å². The summed E-state index contributed by atoms with van der Waals surface area (Å²) in [4.78, 5) is 13.9. The molecule has 1 heterocycles. The lowest BCUT2D eigenvalue weighted by Crippen LogP contribution is -2.28. The fraction of sp³-hybridized carbons (Fsp3) is 0.308. The highest BCUT2D eigenvalue weighted by atomic mass is 79.9. The molecule has 18 heavy (non-hydrogen) atoms. The number of hydrogen-bond acceptors (Lipinski definition) is 2. The lowest BCUT2D eigenvalue weighted by Gasteiger charge is -2.19. The summed E-state index contributed by atoms with van der Waals surface area (Å²) in [7, 11) is 0. The summed E-state index contributed by atoms with van der Waals surface area (Å²) in [5.41, 5.74) is 0.545. The molecule has 5 heteroatoms. The van der Waals surface area contributed by atoms with Crippen molar-refractivity contribution in [3.8, 4) is 5.75 Å². The predicted octanol–water partition coefficient (Wildman–Crippen LogP) is 3.73. The molecular weight excluding hydrogens is 318 g/mol. The first-order valence-electron chi connectivity index (χ1n) is 5.73.